The summed E-state index contributed by atoms with van der Waals surface area (Å²) in [5.74, 6) is -2.99. The number of nitrogens with one attached hydrogen (secondary N) is 3. The van der Waals surface area contributed by atoms with Crippen molar-refractivity contribution in [1.82, 2.24) is 19.7 Å². The predicted molar refractivity (Wildman–Crippen MR) is 133 cm³/mol. The van der Waals surface area contributed by atoms with E-state index in [0.717, 1.165) is 25.3 Å². The van der Waals surface area contributed by atoms with Gasteiger partial charge in [-0.15, -0.1) is 0 Å². The van der Waals surface area contributed by atoms with E-state index in [9.17, 15) is 13.6 Å². The minimum atomic E-state index is -3.05. The van der Waals surface area contributed by atoms with Gasteiger partial charge in [0.25, 0.3) is 11.8 Å². The Bertz CT molecular complexity index is 1190. The largest absolute Gasteiger partial charge is 0.457 e. The molecule has 3 aromatic rings. The zero-order chi connectivity index (χ0) is 25.1. The number of hydrogen-bond donors (Lipinski definition) is 3. The minimum absolute atomic E-state index is 0.102. The van der Waals surface area contributed by atoms with E-state index in [0.29, 0.717) is 16.3 Å². The summed E-state index contributed by atoms with van der Waals surface area (Å²) >= 11 is 7.22. The first kappa shape index (κ1) is 24.9. The van der Waals surface area contributed by atoms with E-state index in [-0.39, 0.29) is 29.4 Å². The number of nitrogens with zero attached hydrogens (tertiary/aromatic N) is 3. The molecular formula is C23H23ClF2N6O2S. The van der Waals surface area contributed by atoms with Crippen LogP contribution in [0.5, 0.6) is 6.01 Å². The van der Waals surface area contributed by atoms with E-state index in [2.05, 4.69) is 30.3 Å². The van der Waals surface area contributed by atoms with Gasteiger partial charge in [0.05, 0.1) is 5.54 Å². The van der Waals surface area contributed by atoms with Gasteiger partial charge in [-0.2, -0.15) is 15.0 Å². The van der Waals surface area contributed by atoms with Gasteiger partial charge in [-0.3, -0.25) is 9.52 Å². The topological polar surface area (TPSA) is 101 Å². The molecule has 0 saturated heterocycles. The fraction of sp³-hybridized carbons (Fsp3) is 0.304. The average molecular weight is 521 g/mol. The molecule has 0 atom stereocenters. The van der Waals surface area contributed by atoms with Crippen LogP contribution in [0.25, 0.3) is 0 Å². The van der Waals surface area contributed by atoms with Crippen LogP contribution < -0.4 is 20.1 Å². The first-order valence-corrected chi connectivity index (χ1v) is 12.3. The maximum atomic E-state index is 13.4. The number of aromatic nitrogens is 3. The molecule has 35 heavy (non-hydrogen) atoms. The highest BCUT2D eigenvalue weighted by molar-refractivity contribution is 7.97. The monoisotopic (exact) mass is 520 g/mol. The second kappa shape index (κ2) is 10.2. The maximum absolute atomic E-state index is 13.4. The summed E-state index contributed by atoms with van der Waals surface area (Å²) in [4.78, 5) is 24.7. The third-order valence-corrected chi connectivity index (χ3v) is 5.81. The van der Waals surface area contributed by atoms with Crippen molar-refractivity contribution in [3.63, 3.8) is 0 Å². The fourth-order valence-electron chi connectivity index (χ4n) is 3.30. The van der Waals surface area contributed by atoms with Crippen LogP contribution in [0.15, 0.2) is 48.5 Å². The molecule has 2 aromatic carbocycles. The van der Waals surface area contributed by atoms with Crippen LogP contribution in [-0.2, 0) is 5.54 Å². The van der Waals surface area contributed by atoms with E-state index in [1.54, 1.807) is 42.7 Å². The van der Waals surface area contributed by atoms with Crippen molar-refractivity contribution in [2.75, 3.05) is 23.5 Å². The number of ether oxygens (including phenoxy) is 1. The Labute approximate surface area is 210 Å². The molecule has 1 fully saturated rings. The molecule has 1 aliphatic carbocycles. The summed E-state index contributed by atoms with van der Waals surface area (Å²) in [5.41, 5.74) is 1.70. The second-order valence-electron chi connectivity index (χ2n) is 8.18. The van der Waals surface area contributed by atoms with Gasteiger partial charge in [0.15, 0.2) is 6.61 Å². The SMILES string of the molecule is CSNC(=O)c1ccc(Nc2nc(NC3(c4ccc(Cl)cc4)CC3)nc(OCC(C)(F)F)n2)cc1. The highest BCUT2D eigenvalue weighted by Crippen LogP contribution is 2.48. The van der Waals surface area contributed by atoms with Gasteiger partial charge >= 0.3 is 6.01 Å². The Morgan fingerprint density at radius 3 is 2.34 bits per heavy atom. The predicted octanol–water partition coefficient (Wildman–Crippen LogP) is 5.41. The lowest BCUT2D eigenvalue weighted by Gasteiger charge is -2.19. The number of halogens is 3. The normalized spacial score (nSPS) is 14.2. The van der Waals surface area contributed by atoms with Gasteiger partial charge in [-0.1, -0.05) is 35.7 Å². The molecule has 3 N–H and O–H groups in total. The molecule has 0 unspecified atom stereocenters. The van der Waals surface area contributed by atoms with E-state index in [4.69, 9.17) is 16.3 Å². The summed E-state index contributed by atoms with van der Waals surface area (Å²) in [6, 6.07) is 13.9. The fourth-order valence-corrected chi connectivity index (χ4v) is 3.73. The van der Waals surface area contributed by atoms with Crippen LogP contribution in [0.4, 0.5) is 26.4 Å². The Kier molecular flexibility index (Phi) is 7.27. The van der Waals surface area contributed by atoms with Crippen molar-refractivity contribution in [2.45, 2.75) is 31.2 Å². The number of carbonyl (C=O) groups excluding carboxylic acids is 1. The number of alkyl halides is 2. The number of rotatable bonds is 10. The van der Waals surface area contributed by atoms with Gasteiger partial charge in [-0.25, -0.2) is 8.78 Å². The molecule has 1 saturated carbocycles. The van der Waals surface area contributed by atoms with Crippen molar-refractivity contribution in [1.29, 1.82) is 0 Å². The van der Waals surface area contributed by atoms with E-state index in [1.807, 2.05) is 12.1 Å². The number of carbonyl (C=O) groups is 1. The first-order chi connectivity index (χ1) is 16.7. The van der Waals surface area contributed by atoms with Gasteiger partial charge in [-0.05, 0) is 54.8 Å². The van der Waals surface area contributed by atoms with Crippen LogP contribution in [0.1, 0.15) is 35.7 Å². The van der Waals surface area contributed by atoms with Crippen LogP contribution >= 0.6 is 23.5 Å². The third-order valence-electron chi connectivity index (χ3n) is 5.17. The average Bonchev–Trinajstić information content (AvgIpc) is 3.58. The van der Waals surface area contributed by atoms with Gasteiger partial charge < -0.3 is 15.4 Å². The summed E-state index contributed by atoms with van der Waals surface area (Å²) in [7, 11) is 0. The summed E-state index contributed by atoms with van der Waals surface area (Å²) < 4.78 is 34.6. The van der Waals surface area contributed by atoms with Crippen LogP contribution in [0, 0.1) is 0 Å². The number of hydrogen-bond acceptors (Lipinski definition) is 8. The molecule has 1 aliphatic rings. The summed E-state index contributed by atoms with van der Waals surface area (Å²) in [6.45, 7) is -0.127. The lowest BCUT2D eigenvalue weighted by Crippen LogP contribution is -2.24. The molecule has 1 heterocycles. The zero-order valence-electron chi connectivity index (χ0n) is 18.9. The number of amides is 1. The van der Waals surface area contributed by atoms with Crippen molar-refractivity contribution >= 4 is 47.0 Å². The summed E-state index contributed by atoms with van der Waals surface area (Å²) in [5, 5.41) is 6.94. The first-order valence-electron chi connectivity index (χ1n) is 10.7. The molecule has 184 valence electrons. The number of anilines is 3. The maximum Gasteiger partial charge on any atom is 0.323 e. The second-order valence-corrected chi connectivity index (χ2v) is 9.22. The van der Waals surface area contributed by atoms with Gasteiger partial charge in [0.2, 0.25) is 11.9 Å². The van der Waals surface area contributed by atoms with E-state index in [1.165, 1.54) is 11.9 Å². The molecular weight excluding hydrogens is 498 g/mol. The molecule has 0 radical (unpaired) electrons. The van der Waals surface area contributed by atoms with Crippen molar-refractivity contribution in [3.05, 3.63) is 64.7 Å². The van der Waals surface area contributed by atoms with Crippen molar-refractivity contribution < 1.29 is 18.3 Å². The van der Waals surface area contributed by atoms with Crippen molar-refractivity contribution in [2.24, 2.45) is 0 Å². The molecule has 8 nitrogen and oxygen atoms in total. The van der Waals surface area contributed by atoms with E-state index >= 15 is 0 Å². The lowest BCUT2D eigenvalue weighted by molar-refractivity contribution is -0.0256. The molecule has 1 amide bonds. The molecule has 0 bridgehead atoms. The van der Waals surface area contributed by atoms with Crippen LogP contribution in [-0.4, -0.2) is 39.6 Å². The van der Waals surface area contributed by atoms with Crippen LogP contribution in [0.2, 0.25) is 5.02 Å². The molecule has 0 spiro atoms. The third kappa shape index (κ3) is 6.70. The molecule has 12 heteroatoms. The minimum Gasteiger partial charge on any atom is -0.457 e. The zero-order valence-corrected chi connectivity index (χ0v) is 20.5. The Morgan fingerprint density at radius 2 is 1.74 bits per heavy atom. The summed E-state index contributed by atoms with van der Waals surface area (Å²) in [6.07, 6.45) is 3.44. The number of benzene rings is 2. The Hall–Kier alpha value is -3.18. The Balaban J connectivity index is 1.57. The smallest absolute Gasteiger partial charge is 0.323 e. The highest BCUT2D eigenvalue weighted by Gasteiger charge is 2.45. The van der Waals surface area contributed by atoms with Gasteiger partial charge in [0.1, 0.15) is 0 Å². The van der Waals surface area contributed by atoms with Gasteiger partial charge in [0, 0.05) is 29.5 Å². The van der Waals surface area contributed by atoms with Crippen LogP contribution in [0.3, 0.4) is 0 Å². The Morgan fingerprint density at radius 1 is 1.09 bits per heavy atom. The molecule has 4 rings (SSSR count). The molecule has 0 aliphatic heterocycles. The van der Waals surface area contributed by atoms with Crippen molar-refractivity contribution in [3.8, 4) is 6.01 Å². The highest BCUT2D eigenvalue weighted by atomic mass is 35.5. The molecule has 1 aromatic heterocycles. The standard InChI is InChI=1S/C23H23ClF2N6O2S/c1-22(25,26)13-34-21-29-19(27-17-9-3-14(4-10-17)18(33)32-35-2)28-20(30-21)31-23(11-12-23)15-5-7-16(24)8-6-15/h3-10H,11-13H2,1-2H3,(H,32,33)(H2,27,28,29,30,31). The van der Waals surface area contributed by atoms with E-state index < -0.39 is 12.5 Å². The lowest BCUT2D eigenvalue weighted by atomic mass is 10.1. The quantitative estimate of drug-likeness (QED) is 0.305.